The summed E-state index contributed by atoms with van der Waals surface area (Å²) < 4.78 is 33.2. The van der Waals surface area contributed by atoms with Crippen LogP contribution in [0.3, 0.4) is 0 Å². The number of rotatable bonds is 11. The highest BCUT2D eigenvalue weighted by Crippen LogP contribution is 2.20. The van der Waals surface area contributed by atoms with Crippen molar-refractivity contribution < 1.29 is 17.9 Å². The molecule has 0 unspecified atom stereocenters. The summed E-state index contributed by atoms with van der Waals surface area (Å²) in [5.74, 6) is 0.343. The lowest BCUT2D eigenvalue weighted by molar-refractivity contribution is 0.0953. The molecule has 0 aliphatic heterocycles. The summed E-state index contributed by atoms with van der Waals surface area (Å²) in [5, 5.41) is 6.14. The number of hydrogen-bond acceptors (Lipinski definition) is 5. The highest BCUT2D eigenvalue weighted by molar-refractivity contribution is 7.92. The van der Waals surface area contributed by atoms with Crippen LogP contribution in [0.15, 0.2) is 83.8 Å². The summed E-state index contributed by atoms with van der Waals surface area (Å²) in [6.07, 6.45) is 0.755. The Morgan fingerprint density at radius 2 is 1.59 bits per heavy atom. The number of para-hydroxylation sites is 1. The molecule has 0 saturated carbocycles. The largest absolute Gasteiger partial charge is 0.494 e. The van der Waals surface area contributed by atoms with Gasteiger partial charge in [0.2, 0.25) is 0 Å². The van der Waals surface area contributed by atoms with E-state index in [0.717, 1.165) is 18.7 Å². The van der Waals surface area contributed by atoms with Crippen molar-refractivity contribution in [2.24, 2.45) is 0 Å². The molecule has 7 nitrogen and oxygen atoms in total. The predicted molar refractivity (Wildman–Crippen MR) is 127 cm³/mol. The molecule has 1 amide bonds. The van der Waals surface area contributed by atoms with E-state index in [1.807, 2.05) is 37.3 Å². The van der Waals surface area contributed by atoms with Gasteiger partial charge in [0, 0.05) is 30.0 Å². The first-order valence-electron chi connectivity index (χ1n) is 10.4. The number of amides is 1. The third-order valence-electron chi connectivity index (χ3n) is 4.56. The van der Waals surface area contributed by atoms with Crippen molar-refractivity contribution in [3.63, 3.8) is 0 Å². The molecule has 3 rings (SSSR count). The quantitative estimate of drug-likeness (QED) is 0.380. The van der Waals surface area contributed by atoms with E-state index in [0.29, 0.717) is 30.2 Å². The summed E-state index contributed by atoms with van der Waals surface area (Å²) >= 11 is 0. The minimum Gasteiger partial charge on any atom is -0.494 e. The van der Waals surface area contributed by atoms with Crippen LogP contribution in [-0.2, 0) is 10.0 Å². The molecule has 0 saturated heterocycles. The van der Waals surface area contributed by atoms with Gasteiger partial charge < -0.3 is 15.4 Å². The number of hydrogen-bond donors (Lipinski definition) is 3. The minimum atomic E-state index is -3.78. The smallest absolute Gasteiger partial charge is 0.261 e. The molecule has 3 aromatic carbocycles. The van der Waals surface area contributed by atoms with Gasteiger partial charge in [-0.25, -0.2) is 8.42 Å². The van der Waals surface area contributed by atoms with Gasteiger partial charge in [0.05, 0.1) is 11.5 Å². The molecule has 0 aliphatic carbocycles. The highest BCUT2D eigenvalue weighted by Gasteiger charge is 2.15. The van der Waals surface area contributed by atoms with Crippen molar-refractivity contribution in [1.29, 1.82) is 0 Å². The van der Waals surface area contributed by atoms with Crippen LogP contribution in [0.2, 0.25) is 0 Å². The van der Waals surface area contributed by atoms with Gasteiger partial charge in [0.1, 0.15) is 5.75 Å². The molecule has 0 aliphatic rings. The Labute approximate surface area is 188 Å². The molecule has 0 radical (unpaired) electrons. The van der Waals surface area contributed by atoms with Crippen LogP contribution in [0.1, 0.15) is 23.7 Å². The van der Waals surface area contributed by atoms with E-state index in [9.17, 15) is 13.2 Å². The van der Waals surface area contributed by atoms with E-state index in [2.05, 4.69) is 15.4 Å². The zero-order chi connectivity index (χ0) is 22.8. The van der Waals surface area contributed by atoms with Crippen molar-refractivity contribution in [3.8, 4) is 5.75 Å². The van der Waals surface area contributed by atoms with Crippen molar-refractivity contribution in [3.05, 3.63) is 84.4 Å². The fourth-order valence-electron chi connectivity index (χ4n) is 3.00. The van der Waals surface area contributed by atoms with Crippen LogP contribution < -0.4 is 20.1 Å². The maximum atomic E-state index is 12.7. The standard InChI is InChI=1S/C24H27N3O4S/c1-2-31-22-12-14-23(15-13-22)32(29,30)27-21-11-6-8-19(18-21)24(28)26-17-7-16-25-20-9-4-3-5-10-20/h3-6,8-15,18,25,27H,2,7,16-17H2,1H3,(H,26,28). The second-order valence-corrected chi connectivity index (χ2v) is 8.68. The van der Waals surface area contributed by atoms with Gasteiger partial charge in [0.15, 0.2) is 0 Å². The summed E-state index contributed by atoms with van der Waals surface area (Å²) in [4.78, 5) is 12.6. The molecule has 3 aromatic rings. The first kappa shape index (κ1) is 23.1. The van der Waals surface area contributed by atoms with E-state index >= 15 is 0 Å². The van der Waals surface area contributed by atoms with E-state index < -0.39 is 10.0 Å². The minimum absolute atomic E-state index is 0.113. The first-order valence-corrected chi connectivity index (χ1v) is 11.9. The molecular formula is C24H27N3O4S. The predicted octanol–water partition coefficient (Wildman–Crippen LogP) is 4.12. The summed E-state index contributed by atoms with van der Waals surface area (Å²) in [7, 11) is -3.78. The number of carbonyl (C=O) groups is 1. The fourth-order valence-corrected chi connectivity index (χ4v) is 4.05. The molecule has 0 atom stereocenters. The van der Waals surface area contributed by atoms with Gasteiger partial charge in [-0.1, -0.05) is 24.3 Å². The first-order chi connectivity index (χ1) is 15.5. The fraction of sp³-hybridized carbons (Fsp3) is 0.208. The molecule has 0 fully saturated rings. The molecule has 0 bridgehead atoms. The number of benzene rings is 3. The van der Waals surface area contributed by atoms with Crippen LogP contribution in [0.5, 0.6) is 5.75 Å². The average molecular weight is 454 g/mol. The molecule has 3 N–H and O–H groups in total. The van der Waals surface area contributed by atoms with E-state index in [1.165, 1.54) is 18.2 Å². The molecule has 168 valence electrons. The number of anilines is 2. The lowest BCUT2D eigenvalue weighted by Gasteiger charge is -2.11. The number of ether oxygens (including phenoxy) is 1. The zero-order valence-electron chi connectivity index (χ0n) is 17.9. The van der Waals surface area contributed by atoms with Crippen LogP contribution in [0.4, 0.5) is 11.4 Å². The molecular weight excluding hydrogens is 426 g/mol. The normalized spacial score (nSPS) is 10.9. The summed E-state index contributed by atoms with van der Waals surface area (Å²) in [6.45, 7) is 3.59. The average Bonchev–Trinajstić information content (AvgIpc) is 2.80. The van der Waals surface area contributed by atoms with E-state index in [1.54, 1.807) is 30.3 Å². The molecule has 8 heteroatoms. The van der Waals surface area contributed by atoms with Crippen LogP contribution >= 0.6 is 0 Å². The van der Waals surface area contributed by atoms with Gasteiger partial charge in [-0.2, -0.15) is 0 Å². The summed E-state index contributed by atoms with van der Waals surface area (Å²) in [5.41, 5.74) is 1.73. The number of nitrogens with one attached hydrogen (secondary N) is 3. The lowest BCUT2D eigenvalue weighted by atomic mass is 10.2. The Morgan fingerprint density at radius 1 is 0.875 bits per heavy atom. The van der Waals surface area contributed by atoms with Crippen molar-refractivity contribution >= 4 is 27.3 Å². The molecule has 0 aromatic heterocycles. The van der Waals surface area contributed by atoms with Gasteiger partial charge in [-0.3, -0.25) is 9.52 Å². The Kier molecular flexibility index (Phi) is 8.10. The van der Waals surface area contributed by atoms with Gasteiger partial charge in [0.25, 0.3) is 15.9 Å². The summed E-state index contributed by atoms with van der Waals surface area (Å²) in [6, 6.07) is 22.4. The molecule has 0 heterocycles. The van der Waals surface area contributed by atoms with Crippen LogP contribution in [0, 0.1) is 0 Å². The van der Waals surface area contributed by atoms with Crippen molar-refractivity contribution in [1.82, 2.24) is 5.32 Å². The van der Waals surface area contributed by atoms with Crippen molar-refractivity contribution in [2.75, 3.05) is 29.7 Å². The van der Waals surface area contributed by atoms with Crippen LogP contribution in [0.25, 0.3) is 0 Å². The number of sulfonamides is 1. The third-order valence-corrected chi connectivity index (χ3v) is 5.96. The Balaban J connectivity index is 1.53. The van der Waals surface area contributed by atoms with E-state index in [-0.39, 0.29) is 10.8 Å². The zero-order valence-corrected chi connectivity index (χ0v) is 18.7. The maximum Gasteiger partial charge on any atom is 0.261 e. The second-order valence-electron chi connectivity index (χ2n) is 6.99. The monoisotopic (exact) mass is 453 g/mol. The highest BCUT2D eigenvalue weighted by atomic mass is 32.2. The van der Waals surface area contributed by atoms with Crippen molar-refractivity contribution in [2.45, 2.75) is 18.2 Å². The van der Waals surface area contributed by atoms with Gasteiger partial charge >= 0.3 is 0 Å². The topological polar surface area (TPSA) is 96.5 Å². The SMILES string of the molecule is CCOc1ccc(S(=O)(=O)Nc2cccc(C(=O)NCCCNc3ccccc3)c2)cc1. The maximum absolute atomic E-state index is 12.7. The Bertz CT molecular complexity index is 1120. The van der Waals surface area contributed by atoms with Crippen LogP contribution in [-0.4, -0.2) is 34.0 Å². The Hall–Kier alpha value is -3.52. The molecule has 32 heavy (non-hydrogen) atoms. The Morgan fingerprint density at radius 3 is 2.31 bits per heavy atom. The third kappa shape index (κ3) is 6.75. The second kappa shape index (κ2) is 11.2. The lowest BCUT2D eigenvalue weighted by Crippen LogP contribution is -2.26. The van der Waals surface area contributed by atoms with E-state index in [4.69, 9.17) is 4.74 Å². The number of carbonyl (C=O) groups excluding carboxylic acids is 1. The van der Waals surface area contributed by atoms with Gasteiger partial charge in [-0.05, 0) is 67.9 Å². The van der Waals surface area contributed by atoms with Gasteiger partial charge in [-0.15, -0.1) is 0 Å². The molecule has 0 spiro atoms.